The first-order chi connectivity index (χ1) is 11.5. The summed E-state index contributed by atoms with van der Waals surface area (Å²) in [5, 5.41) is 12.7. The van der Waals surface area contributed by atoms with E-state index in [1.54, 1.807) is 12.1 Å². The van der Waals surface area contributed by atoms with Crippen molar-refractivity contribution in [2.45, 2.75) is 25.8 Å². The van der Waals surface area contributed by atoms with E-state index in [-0.39, 0.29) is 17.1 Å². The minimum atomic E-state index is -0.545. The molecule has 0 radical (unpaired) electrons. The zero-order valence-electron chi connectivity index (χ0n) is 13.2. The van der Waals surface area contributed by atoms with Crippen molar-refractivity contribution in [2.75, 3.05) is 16.8 Å². The van der Waals surface area contributed by atoms with Crippen LogP contribution < -0.4 is 10.2 Å². The summed E-state index contributed by atoms with van der Waals surface area (Å²) in [5.74, 6) is -1.10. The van der Waals surface area contributed by atoms with Gasteiger partial charge in [-0.05, 0) is 56.2 Å². The Kier molecular flexibility index (Phi) is 4.62. The van der Waals surface area contributed by atoms with Gasteiger partial charge in [0, 0.05) is 23.3 Å². The standard InChI is InChI=1S/C18H18ClFN2O2/c1-11-3-2-8-22(11)16-6-5-13(10-15(16)20)21-18(24)14-9-12(19)4-7-17(14)23/h4-7,9-11,23H,2-3,8H2,1H3,(H,21,24). The van der Waals surface area contributed by atoms with Gasteiger partial charge >= 0.3 is 0 Å². The third kappa shape index (κ3) is 3.31. The Labute approximate surface area is 144 Å². The number of anilines is 2. The molecule has 24 heavy (non-hydrogen) atoms. The molecular formula is C18H18ClFN2O2. The fourth-order valence-corrected chi connectivity index (χ4v) is 3.17. The smallest absolute Gasteiger partial charge is 0.259 e. The van der Waals surface area contributed by atoms with E-state index in [1.165, 1.54) is 24.3 Å². The monoisotopic (exact) mass is 348 g/mol. The molecule has 4 nitrogen and oxygen atoms in total. The van der Waals surface area contributed by atoms with Crippen molar-refractivity contribution >= 4 is 28.9 Å². The molecule has 0 spiro atoms. The minimum absolute atomic E-state index is 0.0418. The molecule has 1 amide bonds. The summed E-state index contributed by atoms with van der Waals surface area (Å²) in [6.45, 7) is 2.91. The maximum absolute atomic E-state index is 14.4. The van der Waals surface area contributed by atoms with Crippen molar-refractivity contribution in [3.05, 3.63) is 52.8 Å². The number of phenols is 1. The Balaban J connectivity index is 1.79. The van der Waals surface area contributed by atoms with Crippen LogP contribution in [0.25, 0.3) is 0 Å². The second-order valence-corrected chi connectivity index (χ2v) is 6.40. The van der Waals surface area contributed by atoms with E-state index in [0.29, 0.717) is 22.4 Å². The van der Waals surface area contributed by atoms with Gasteiger partial charge in [-0.15, -0.1) is 0 Å². The largest absolute Gasteiger partial charge is 0.507 e. The van der Waals surface area contributed by atoms with Crippen LogP contribution >= 0.6 is 11.6 Å². The van der Waals surface area contributed by atoms with Crippen molar-refractivity contribution in [1.82, 2.24) is 0 Å². The lowest BCUT2D eigenvalue weighted by molar-refractivity contribution is 0.102. The first-order valence-corrected chi connectivity index (χ1v) is 8.19. The van der Waals surface area contributed by atoms with E-state index in [0.717, 1.165) is 19.4 Å². The molecule has 1 fully saturated rings. The number of nitrogens with one attached hydrogen (secondary N) is 1. The molecule has 0 aromatic heterocycles. The van der Waals surface area contributed by atoms with Crippen molar-refractivity contribution in [3.63, 3.8) is 0 Å². The third-order valence-corrected chi connectivity index (χ3v) is 4.51. The first kappa shape index (κ1) is 16.6. The van der Waals surface area contributed by atoms with Gasteiger partial charge in [-0.3, -0.25) is 4.79 Å². The van der Waals surface area contributed by atoms with Gasteiger partial charge in [0.2, 0.25) is 0 Å². The van der Waals surface area contributed by atoms with E-state index in [2.05, 4.69) is 12.2 Å². The lowest BCUT2D eigenvalue weighted by Gasteiger charge is -2.24. The SMILES string of the molecule is CC1CCCN1c1ccc(NC(=O)c2cc(Cl)ccc2O)cc1F. The van der Waals surface area contributed by atoms with Crippen LogP contribution in [0.2, 0.25) is 5.02 Å². The van der Waals surface area contributed by atoms with Crippen LogP contribution in [0.1, 0.15) is 30.1 Å². The summed E-state index contributed by atoms with van der Waals surface area (Å²) in [6.07, 6.45) is 2.10. The third-order valence-electron chi connectivity index (χ3n) is 4.27. The van der Waals surface area contributed by atoms with Gasteiger partial charge in [0.25, 0.3) is 5.91 Å². The van der Waals surface area contributed by atoms with Crippen LogP contribution in [0.15, 0.2) is 36.4 Å². The van der Waals surface area contributed by atoms with E-state index in [4.69, 9.17) is 11.6 Å². The van der Waals surface area contributed by atoms with Crippen molar-refractivity contribution in [2.24, 2.45) is 0 Å². The fraction of sp³-hybridized carbons (Fsp3) is 0.278. The number of rotatable bonds is 3. The number of hydrogen-bond donors (Lipinski definition) is 2. The number of carbonyl (C=O) groups excluding carboxylic acids is 1. The molecule has 1 aliphatic heterocycles. The van der Waals surface area contributed by atoms with Gasteiger partial charge in [-0.25, -0.2) is 4.39 Å². The zero-order valence-corrected chi connectivity index (χ0v) is 14.0. The number of carbonyl (C=O) groups is 1. The molecule has 6 heteroatoms. The van der Waals surface area contributed by atoms with Gasteiger partial charge < -0.3 is 15.3 Å². The molecule has 3 rings (SSSR count). The number of halogens is 2. The molecule has 0 saturated carbocycles. The van der Waals surface area contributed by atoms with Crippen LogP contribution in [-0.2, 0) is 0 Å². The highest BCUT2D eigenvalue weighted by Gasteiger charge is 2.23. The highest BCUT2D eigenvalue weighted by molar-refractivity contribution is 6.31. The Morgan fingerprint density at radius 3 is 2.79 bits per heavy atom. The number of benzene rings is 2. The average Bonchev–Trinajstić information content (AvgIpc) is 2.96. The molecule has 0 aliphatic carbocycles. The second-order valence-electron chi connectivity index (χ2n) is 5.97. The molecule has 2 N–H and O–H groups in total. The summed E-state index contributed by atoms with van der Waals surface area (Å²) in [4.78, 5) is 14.3. The quantitative estimate of drug-likeness (QED) is 0.863. The second kappa shape index (κ2) is 6.69. The highest BCUT2D eigenvalue weighted by Crippen LogP contribution is 2.30. The Bertz CT molecular complexity index is 782. The fourth-order valence-electron chi connectivity index (χ4n) is 3.00. The summed E-state index contributed by atoms with van der Waals surface area (Å²) < 4.78 is 14.4. The van der Waals surface area contributed by atoms with Crippen molar-refractivity contribution < 1.29 is 14.3 Å². The van der Waals surface area contributed by atoms with E-state index in [9.17, 15) is 14.3 Å². The lowest BCUT2D eigenvalue weighted by atomic mass is 10.1. The topological polar surface area (TPSA) is 52.6 Å². The molecule has 1 aliphatic rings. The predicted octanol–water partition coefficient (Wildman–Crippen LogP) is 4.43. The molecule has 1 atom stereocenters. The average molecular weight is 349 g/mol. The van der Waals surface area contributed by atoms with Gasteiger partial charge in [-0.2, -0.15) is 0 Å². The van der Waals surface area contributed by atoms with Crippen molar-refractivity contribution in [3.8, 4) is 5.75 Å². The molecule has 2 aromatic rings. The molecule has 126 valence electrons. The predicted molar refractivity (Wildman–Crippen MR) is 93.5 cm³/mol. The maximum Gasteiger partial charge on any atom is 0.259 e. The maximum atomic E-state index is 14.4. The van der Waals surface area contributed by atoms with Gasteiger partial charge in [0.15, 0.2) is 0 Å². The molecule has 1 heterocycles. The van der Waals surface area contributed by atoms with E-state index in [1.807, 2.05) is 4.90 Å². The molecule has 1 unspecified atom stereocenters. The minimum Gasteiger partial charge on any atom is -0.507 e. The number of hydrogen-bond acceptors (Lipinski definition) is 3. The van der Waals surface area contributed by atoms with Gasteiger partial charge in [0.05, 0.1) is 11.3 Å². The van der Waals surface area contributed by atoms with E-state index >= 15 is 0 Å². The van der Waals surface area contributed by atoms with Crippen LogP contribution in [0.3, 0.4) is 0 Å². The number of amides is 1. The molecule has 0 bridgehead atoms. The Hall–Kier alpha value is -2.27. The normalized spacial score (nSPS) is 17.1. The molecule has 1 saturated heterocycles. The van der Waals surface area contributed by atoms with Crippen LogP contribution in [-0.4, -0.2) is 23.6 Å². The lowest BCUT2D eigenvalue weighted by Crippen LogP contribution is -2.27. The van der Waals surface area contributed by atoms with Crippen molar-refractivity contribution in [1.29, 1.82) is 0 Å². The Morgan fingerprint density at radius 1 is 1.33 bits per heavy atom. The number of aromatic hydroxyl groups is 1. The van der Waals surface area contributed by atoms with Gasteiger partial charge in [-0.1, -0.05) is 11.6 Å². The molecule has 2 aromatic carbocycles. The zero-order chi connectivity index (χ0) is 17.3. The number of phenolic OH excluding ortho intramolecular Hbond substituents is 1. The summed E-state index contributed by atoms with van der Waals surface area (Å²) in [7, 11) is 0. The Morgan fingerprint density at radius 2 is 2.12 bits per heavy atom. The summed E-state index contributed by atoms with van der Waals surface area (Å²) in [6, 6.07) is 9.12. The van der Waals surface area contributed by atoms with Gasteiger partial charge in [0.1, 0.15) is 11.6 Å². The first-order valence-electron chi connectivity index (χ1n) is 7.82. The van der Waals surface area contributed by atoms with Crippen LogP contribution in [0.5, 0.6) is 5.75 Å². The summed E-state index contributed by atoms with van der Waals surface area (Å²) in [5.41, 5.74) is 0.913. The van der Waals surface area contributed by atoms with Crippen LogP contribution in [0, 0.1) is 5.82 Å². The molecular weight excluding hydrogens is 331 g/mol. The van der Waals surface area contributed by atoms with Crippen LogP contribution in [0.4, 0.5) is 15.8 Å². The highest BCUT2D eigenvalue weighted by atomic mass is 35.5. The number of nitrogens with zero attached hydrogens (tertiary/aromatic N) is 1. The summed E-state index contributed by atoms with van der Waals surface area (Å²) >= 11 is 5.84. The van der Waals surface area contributed by atoms with E-state index < -0.39 is 5.91 Å².